The second-order valence-electron chi connectivity index (χ2n) is 4.33. The van der Waals surface area contributed by atoms with Crippen molar-refractivity contribution in [2.45, 2.75) is 32.2 Å². The molecule has 0 saturated carbocycles. The van der Waals surface area contributed by atoms with Gasteiger partial charge in [-0.1, -0.05) is 6.42 Å². The summed E-state index contributed by atoms with van der Waals surface area (Å²) >= 11 is 0. The number of ether oxygens (including phenoxy) is 1. The Morgan fingerprint density at radius 3 is 2.81 bits per heavy atom. The van der Waals surface area contributed by atoms with E-state index in [0.29, 0.717) is 11.3 Å². The van der Waals surface area contributed by atoms with E-state index in [-0.39, 0.29) is 11.9 Å². The van der Waals surface area contributed by atoms with Crippen LogP contribution in [0.4, 0.5) is 4.39 Å². The number of hydrogen-bond donors (Lipinski definition) is 1. The second-order valence-corrected chi connectivity index (χ2v) is 4.33. The Morgan fingerprint density at radius 1 is 1.38 bits per heavy atom. The number of hydrogen-bond acceptors (Lipinski definition) is 2. The van der Waals surface area contributed by atoms with Gasteiger partial charge in [0.1, 0.15) is 11.6 Å². The summed E-state index contributed by atoms with van der Waals surface area (Å²) in [7, 11) is 1.58. The Balaban J connectivity index is 2.29. The predicted molar refractivity (Wildman–Crippen MR) is 62.3 cm³/mol. The molecule has 1 aromatic carbocycles. The van der Waals surface area contributed by atoms with Gasteiger partial charge in [-0.2, -0.15) is 0 Å². The van der Waals surface area contributed by atoms with Crippen LogP contribution in [0.15, 0.2) is 12.1 Å². The molecule has 88 valence electrons. The van der Waals surface area contributed by atoms with E-state index in [0.717, 1.165) is 18.5 Å². The van der Waals surface area contributed by atoms with Gasteiger partial charge in [0.15, 0.2) is 0 Å². The van der Waals surface area contributed by atoms with Crippen molar-refractivity contribution in [2.24, 2.45) is 0 Å². The fraction of sp³-hybridized carbons (Fsp3) is 0.538. The minimum Gasteiger partial charge on any atom is -0.496 e. The molecule has 2 rings (SSSR count). The summed E-state index contributed by atoms with van der Waals surface area (Å²) in [5, 5.41) is 3.41. The van der Waals surface area contributed by atoms with E-state index in [1.165, 1.54) is 12.8 Å². The van der Waals surface area contributed by atoms with Crippen LogP contribution in [0, 0.1) is 12.7 Å². The highest BCUT2D eigenvalue weighted by atomic mass is 19.1. The average molecular weight is 223 g/mol. The minimum absolute atomic E-state index is 0.179. The molecule has 1 aliphatic heterocycles. The Kier molecular flexibility index (Phi) is 3.44. The van der Waals surface area contributed by atoms with E-state index in [1.807, 2.05) is 6.07 Å². The normalized spacial score (nSPS) is 20.8. The summed E-state index contributed by atoms with van der Waals surface area (Å²) in [4.78, 5) is 0. The monoisotopic (exact) mass is 223 g/mol. The SMILES string of the molecule is COc1cc(C2CCCCN2)cc(F)c1C. The lowest BCUT2D eigenvalue weighted by Gasteiger charge is -2.24. The molecule has 1 aromatic rings. The molecule has 1 aliphatic rings. The van der Waals surface area contributed by atoms with Crippen molar-refractivity contribution in [1.29, 1.82) is 0 Å². The number of methoxy groups -OCH3 is 1. The van der Waals surface area contributed by atoms with E-state index >= 15 is 0 Å². The molecule has 0 bridgehead atoms. The summed E-state index contributed by atoms with van der Waals surface area (Å²) in [6.07, 6.45) is 3.49. The van der Waals surface area contributed by atoms with Crippen molar-refractivity contribution in [3.8, 4) is 5.75 Å². The first-order valence-electron chi connectivity index (χ1n) is 5.80. The van der Waals surface area contributed by atoms with Gasteiger partial charge >= 0.3 is 0 Å². The molecule has 1 heterocycles. The molecule has 3 heteroatoms. The Morgan fingerprint density at radius 2 is 2.19 bits per heavy atom. The van der Waals surface area contributed by atoms with Crippen LogP contribution in [0.25, 0.3) is 0 Å². The first kappa shape index (κ1) is 11.4. The van der Waals surface area contributed by atoms with Crippen molar-refractivity contribution in [1.82, 2.24) is 5.32 Å². The number of benzene rings is 1. The number of nitrogens with one attached hydrogen (secondary N) is 1. The Labute approximate surface area is 95.8 Å². The van der Waals surface area contributed by atoms with Crippen molar-refractivity contribution in [3.63, 3.8) is 0 Å². The number of piperidine rings is 1. The van der Waals surface area contributed by atoms with Crippen molar-refractivity contribution < 1.29 is 9.13 Å². The lowest BCUT2D eigenvalue weighted by molar-refractivity contribution is 0.393. The predicted octanol–water partition coefficient (Wildman–Crippen LogP) is 2.96. The zero-order chi connectivity index (χ0) is 11.5. The quantitative estimate of drug-likeness (QED) is 0.832. The summed E-state index contributed by atoms with van der Waals surface area (Å²) in [5.74, 6) is 0.462. The van der Waals surface area contributed by atoms with Crippen molar-refractivity contribution >= 4 is 0 Å². The molecule has 16 heavy (non-hydrogen) atoms. The maximum absolute atomic E-state index is 13.7. The van der Waals surface area contributed by atoms with Crippen LogP contribution in [0.5, 0.6) is 5.75 Å². The van der Waals surface area contributed by atoms with E-state index in [2.05, 4.69) is 5.32 Å². The van der Waals surface area contributed by atoms with Crippen molar-refractivity contribution in [3.05, 3.63) is 29.1 Å². The van der Waals surface area contributed by atoms with Gasteiger partial charge in [0.05, 0.1) is 7.11 Å². The fourth-order valence-electron chi connectivity index (χ4n) is 2.22. The molecule has 0 spiro atoms. The molecule has 1 atom stereocenters. The van der Waals surface area contributed by atoms with Gasteiger partial charge in [-0.15, -0.1) is 0 Å². The Hall–Kier alpha value is -1.09. The van der Waals surface area contributed by atoms with Gasteiger partial charge in [-0.05, 0) is 44.0 Å². The van der Waals surface area contributed by atoms with Crippen LogP contribution in [0.1, 0.15) is 36.4 Å². The van der Waals surface area contributed by atoms with E-state index < -0.39 is 0 Å². The number of halogens is 1. The third-order valence-electron chi connectivity index (χ3n) is 3.25. The first-order valence-corrected chi connectivity index (χ1v) is 5.80. The first-order chi connectivity index (χ1) is 7.72. The van der Waals surface area contributed by atoms with Gasteiger partial charge in [-0.25, -0.2) is 4.39 Å². The smallest absolute Gasteiger partial charge is 0.130 e. The fourth-order valence-corrected chi connectivity index (χ4v) is 2.22. The Bertz CT molecular complexity index is 372. The molecule has 1 N–H and O–H groups in total. The van der Waals surface area contributed by atoms with Gasteiger partial charge in [0, 0.05) is 11.6 Å². The maximum atomic E-state index is 13.7. The lowest BCUT2D eigenvalue weighted by atomic mass is 9.96. The van der Waals surface area contributed by atoms with Crippen LogP contribution in [-0.2, 0) is 0 Å². The van der Waals surface area contributed by atoms with E-state index in [1.54, 1.807) is 20.1 Å². The van der Waals surface area contributed by atoms with Gasteiger partial charge < -0.3 is 10.1 Å². The van der Waals surface area contributed by atoms with Gasteiger partial charge in [0.25, 0.3) is 0 Å². The highest BCUT2D eigenvalue weighted by Gasteiger charge is 2.17. The van der Waals surface area contributed by atoms with Crippen LogP contribution in [0.3, 0.4) is 0 Å². The average Bonchev–Trinajstić information content (AvgIpc) is 2.33. The molecule has 1 fully saturated rings. The molecule has 0 aliphatic carbocycles. The zero-order valence-corrected chi connectivity index (χ0v) is 9.85. The molecule has 2 nitrogen and oxygen atoms in total. The highest BCUT2D eigenvalue weighted by Crippen LogP contribution is 2.29. The number of rotatable bonds is 2. The summed E-state index contributed by atoms with van der Waals surface area (Å²) < 4.78 is 18.9. The molecule has 0 aromatic heterocycles. The van der Waals surface area contributed by atoms with Crippen LogP contribution >= 0.6 is 0 Å². The zero-order valence-electron chi connectivity index (χ0n) is 9.85. The third-order valence-corrected chi connectivity index (χ3v) is 3.25. The van der Waals surface area contributed by atoms with Crippen LogP contribution in [-0.4, -0.2) is 13.7 Å². The van der Waals surface area contributed by atoms with E-state index in [4.69, 9.17) is 4.74 Å². The molecule has 1 unspecified atom stereocenters. The highest BCUT2D eigenvalue weighted by molar-refractivity contribution is 5.39. The molecular weight excluding hydrogens is 205 g/mol. The molecule has 1 saturated heterocycles. The lowest BCUT2D eigenvalue weighted by Crippen LogP contribution is -2.26. The largest absolute Gasteiger partial charge is 0.496 e. The van der Waals surface area contributed by atoms with Crippen LogP contribution < -0.4 is 10.1 Å². The minimum atomic E-state index is -0.179. The summed E-state index contributed by atoms with van der Waals surface area (Å²) in [6, 6.07) is 3.85. The summed E-state index contributed by atoms with van der Waals surface area (Å²) in [5.41, 5.74) is 1.58. The van der Waals surface area contributed by atoms with Gasteiger partial charge in [0.2, 0.25) is 0 Å². The topological polar surface area (TPSA) is 21.3 Å². The van der Waals surface area contributed by atoms with Crippen LogP contribution in [0.2, 0.25) is 0 Å². The summed E-state index contributed by atoms with van der Waals surface area (Å²) in [6.45, 7) is 2.76. The molecule has 0 amide bonds. The van der Waals surface area contributed by atoms with Gasteiger partial charge in [-0.3, -0.25) is 0 Å². The second kappa shape index (κ2) is 4.83. The molecular formula is C13H18FNO. The third kappa shape index (κ3) is 2.19. The standard InChI is InChI=1S/C13H18FNO/c1-9-11(14)7-10(8-13(9)16-2)12-5-3-4-6-15-12/h7-8,12,15H,3-6H2,1-2H3. The van der Waals surface area contributed by atoms with Crippen molar-refractivity contribution in [2.75, 3.05) is 13.7 Å². The maximum Gasteiger partial charge on any atom is 0.130 e. The van der Waals surface area contributed by atoms with E-state index in [9.17, 15) is 4.39 Å². The molecule has 0 radical (unpaired) electrons.